The summed E-state index contributed by atoms with van der Waals surface area (Å²) in [6.45, 7) is 7.98. The first-order valence-electron chi connectivity index (χ1n) is 7.68. The van der Waals surface area contributed by atoms with E-state index in [0.29, 0.717) is 12.0 Å². The first kappa shape index (κ1) is 14.6. The molecule has 118 valence electrons. The highest BCUT2D eigenvalue weighted by Gasteiger charge is 2.37. The highest BCUT2D eigenvalue weighted by Crippen LogP contribution is 2.30. The second kappa shape index (κ2) is 6.23. The Kier molecular flexibility index (Phi) is 4.13. The number of hydrogen-bond acceptors (Lipinski definition) is 7. The number of aryl methyl sites for hydroxylation is 1. The van der Waals surface area contributed by atoms with E-state index in [2.05, 4.69) is 36.8 Å². The predicted octanol–water partition coefficient (Wildman–Crippen LogP) is 2.25. The first-order valence-corrected chi connectivity index (χ1v) is 9.44. The highest BCUT2D eigenvalue weighted by atomic mass is 32.1. The number of fused-ring (bicyclic) bond motifs is 1. The van der Waals surface area contributed by atoms with Gasteiger partial charge in [0.05, 0.1) is 12.7 Å². The number of hydrogen-bond donors (Lipinski definition) is 0. The molecule has 0 radical (unpaired) electrons. The summed E-state index contributed by atoms with van der Waals surface area (Å²) in [4.78, 5) is 4.87. The molecule has 2 aromatic rings. The summed E-state index contributed by atoms with van der Waals surface area (Å²) >= 11 is 3.45. The molecule has 0 spiro atoms. The van der Waals surface area contributed by atoms with Crippen molar-refractivity contribution in [3.8, 4) is 0 Å². The van der Waals surface area contributed by atoms with E-state index in [1.807, 2.05) is 6.92 Å². The van der Waals surface area contributed by atoms with Crippen LogP contribution in [0.5, 0.6) is 0 Å². The molecule has 0 saturated carbocycles. The summed E-state index contributed by atoms with van der Waals surface area (Å²) in [5, 5.41) is 14.9. The van der Waals surface area contributed by atoms with E-state index in [9.17, 15) is 0 Å². The van der Waals surface area contributed by atoms with E-state index >= 15 is 0 Å². The van der Waals surface area contributed by atoms with Crippen molar-refractivity contribution in [1.29, 1.82) is 0 Å². The van der Waals surface area contributed by atoms with Gasteiger partial charge in [0.1, 0.15) is 5.01 Å². The Balaban J connectivity index is 1.43. The zero-order chi connectivity index (χ0) is 14.9. The molecule has 7 heteroatoms. The average Bonchev–Trinajstić information content (AvgIpc) is 3.20. The van der Waals surface area contributed by atoms with Crippen LogP contribution in [0.2, 0.25) is 0 Å². The summed E-state index contributed by atoms with van der Waals surface area (Å²) < 4.78 is 6.11. The minimum Gasteiger partial charge on any atom is -0.375 e. The van der Waals surface area contributed by atoms with Crippen LogP contribution >= 0.6 is 22.7 Å². The van der Waals surface area contributed by atoms with Crippen LogP contribution in [0.4, 0.5) is 5.13 Å². The lowest BCUT2D eigenvalue weighted by Crippen LogP contribution is -2.32. The number of thiophene rings is 1. The average molecular weight is 336 g/mol. The van der Waals surface area contributed by atoms with E-state index in [1.165, 1.54) is 5.56 Å². The van der Waals surface area contributed by atoms with Gasteiger partial charge in [0.2, 0.25) is 5.13 Å². The third kappa shape index (κ3) is 3.03. The van der Waals surface area contributed by atoms with Gasteiger partial charge >= 0.3 is 0 Å². The van der Waals surface area contributed by atoms with Crippen LogP contribution < -0.4 is 4.90 Å². The Morgan fingerprint density at radius 1 is 1.32 bits per heavy atom. The minimum absolute atomic E-state index is 0.330. The van der Waals surface area contributed by atoms with Crippen molar-refractivity contribution in [1.82, 2.24) is 15.1 Å². The van der Waals surface area contributed by atoms with Crippen LogP contribution in [0.15, 0.2) is 16.8 Å². The molecule has 0 aromatic carbocycles. The molecule has 0 aliphatic carbocycles. The molecule has 4 heterocycles. The standard InChI is InChI=1S/C15H20N4OS2/c1-11-16-17-15(22-11)19-8-13-7-18(3-4-20-14(13)9-19)6-12-2-5-21-10-12/h2,5,10,13-14H,3-4,6-9H2,1H3/t13-,14+/m1/s1. The van der Waals surface area contributed by atoms with Gasteiger partial charge in [-0.1, -0.05) is 11.3 Å². The van der Waals surface area contributed by atoms with Gasteiger partial charge in [-0.05, 0) is 29.3 Å². The van der Waals surface area contributed by atoms with Crippen LogP contribution in [0.25, 0.3) is 0 Å². The minimum atomic E-state index is 0.330. The molecule has 5 nitrogen and oxygen atoms in total. The van der Waals surface area contributed by atoms with Crippen LogP contribution in [0.1, 0.15) is 10.6 Å². The van der Waals surface area contributed by atoms with Crippen LogP contribution in [0, 0.1) is 12.8 Å². The van der Waals surface area contributed by atoms with Crippen LogP contribution in [-0.4, -0.2) is 54.0 Å². The fourth-order valence-electron chi connectivity index (χ4n) is 3.32. The Morgan fingerprint density at radius 2 is 2.27 bits per heavy atom. The molecule has 2 aliphatic heterocycles. The van der Waals surface area contributed by atoms with Crippen molar-refractivity contribution in [3.63, 3.8) is 0 Å². The number of rotatable bonds is 3. The Labute approximate surface area is 138 Å². The molecule has 4 rings (SSSR count). The van der Waals surface area contributed by atoms with Gasteiger partial charge < -0.3 is 9.64 Å². The van der Waals surface area contributed by atoms with E-state index in [0.717, 1.165) is 49.5 Å². The molecular formula is C15H20N4OS2. The Bertz CT molecular complexity index is 615. The number of nitrogens with zero attached hydrogens (tertiary/aromatic N) is 4. The van der Waals surface area contributed by atoms with E-state index in [1.54, 1.807) is 22.7 Å². The second-order valence-corrected chi connectivity index (χ2v) is 7.98. The quantitative estimate of drug-likeness (QED) is 0.860. The number of ether oxygens (including phenoxy) is 1. The molecule has 22 heavy (non-hydrogen) atoms. The third-order valence-corrected chi connectivity index (χ3v) is 6.02. The summed E-state index contributed by atoms with van der Waals surface area (Å²) in [5.74, 6) is 0.561. The zero-order valence-corrected chi connectivity index (χ0v) is 14.3. The van der Waals surface area contributed by atoms with Gasteiger partial charge in [0, 0.05) is 38.6 Å². The molecule has 2 saturated heterocycles. The van der Waals surface area contributed by atoms with Crippen molar-refractivity contribution in [2.45, 2.75) is 19.6 Å². The Hall–Kier alpha value is -1.02. The van der Waals surface area contributed by atoms with Crippen molar-refractivity contribution < 1.29 is 4.74 Å². The lowest BCUT2D eigenvalue weighted by molar-refractivity contribution is 0.0579. The maximum Gasteiger partial charge on any atom is 0.208 e. The summed E-state index contributed by atoms with van der Waals surface area (Å²) in [7, 11) is 0. The van der Waals surface area contributed by atoms with Gasteiger partial charge in [-0.3, -0.25) is 4.90 Å². The van der Waals surface area contributed by atoms with Gasteiger partial charge in [-0.2, -0.15) is 11.3 Å². The topological polar surface area (TPSA) is 41.5 Å². The molecule has 0 bridgehead atoms. The van der Waals surface area contributed by atoms with Crippen LogP contribution in [0.3, 0.4) is 0 Å². The van der Waals surface area contributed by atoms with E-state index in [-0.39, 0.29) is 0 Å². The molecule has 2 atom stereocenters. The molecule has 0 N–H and O–H groups in total. The van der Waals surface area contributed by atoms with Crippen molar-refractivity contribution in [2.24, 2.45) is 5.92 Å². The summed E-state index contributed by atoms with van der Waals surface area (Å²) in [6, 6.07) is 2.22. The van der Waals surface area contributed by atoms with E-state index < -0.39 is 0 Å². The monoisotopic (exact) mass is 336 g/mol. The largest absolute Gasteiger partial charge is 0.375 e. The number of aromatic nitrogens is 2. The van der Waals surface area contributed by atoms with Gasteiger partial charge in [-0.25, -0.2) is 0 Å². The molecule has 2 fully saturated rings. The van der Waals surface area contributed by atoms with Crippen molar-refractivity contribution in [3.05, 3.63) is 27.4 Å². The first-order chi connectivity index (χ1) is 10.8. The second-order valence-electron chi connectivity index (χ2n) is 6.04. The maximum atomic E-state index is 6.11. The molecular weight excluding hydrogens is 316 g/mol. The van der Waals surface area contributed by atoms with Crippen molar-refractivity contribution >= 4 is 27.8 Å². The SMILES string of the molecule is Cc1nnc(N2C[C@H]3CN(Cc4ccsc4)CCO[C@H]3C2)s1. The van der Waals surface area contributed by atoms with Crippen LogP contribution in [-0.2, 0) is 11.3 Å². The van der Waals surface area contributed by atoms with Gasteiger partial charge in [-0.15, -0.1) is 10.2 Å². The maximum absolute atomic E-state index is 6.11. The molecule has 2 aromatic heterocycles. The lowest BCUT2D eigenvalue weighted by atomic mass is 10.1. The molecule has 0 amide bonds. The normalized spacial score (nSPS) is 26.1. The van der Waals surface area contributed by atoms with Crippen molar-refractivity contribution in [2.75, 3.05) is 37.7 Å². The Morgan fingerprint density at radius 3 is 3.05 bits per heavy atom. The lowest BCUT2D eigenvalue weighted by Gasteiger charge is -2.22. The summed E-state index contributed by atoms with van der Waals surface area (Å²) in [6.07, 6.45) is 0.330. The fourth-order valence-corrected chi connectivity index (χ4v) is 4.68. The predicted molar refractivity (Wildman–Crippen MR) is 89.7 cm³/mol. The third-order valence-electron chi connectivity index (χ3n) is 4.39. The summed E-state index contributed by atoms with van der Waals surface area (Å²) in [5.41, 5.74) is 1.41. The highest BCUT2D eigenvalue weighted by molar-refractivity contribution is 7.15. The molecule has 0 unspecified atom stereocenters. The van der Waals surface area contributed by atoms with E-state index in [4.69, 9.17) is 4.74 Å². The van der Waals surface area contributed by atoms with Gasteiger partial charge in [0.25, 0.3) is 0 Å². The smallest absolute Gasteiger partial charge is 0.208 e. The molecule has 2 aliphatic rings. The number of anilines is 1. The van der Waals surface area contributed by atoms with Gasteiger partial charge in [0.15, 0.2) is 0 Å². The zero-order valence-electron chi connectivity index (χ0n) is 12.6. The fraction of sp³-hybridized carbons (Fsp3) is 0.600.